The molecule has 10 heteroatoms. The van der Waals surface area contributed by atoms with E-state index in [1.54, 1.807) is 35.5 Å². The zero-order valence-corrected chi connectivity index (χ0v) is 18.3. The second-order valence-corrected chi connectivity index (χ2v) is 12.6. The smallest absolute Gasteiger partial charge is 0.465 e. The molecule has 1 saturated heterocycles. The van der Waals surface area contributed by atoms with Crippen LogP contribution in [-0.4, -0.2) is 83.3 Å². The van der Waals surface area contributed by atoms with Crippen molar-refractivity contribution in [2.75, 3.05) is 55.2 Å². The van der Waals surface area contributed by atoms with E-state index in [2.05, 4.69) is 4.57 Å². The minimum atomic E-state index is -2.60. The molecule has 1 heterocycles. The van der Waals surface area contributed by atoms with Crippen LogP contribution in [0.5, 0.6) is 0 Å². The molecule has 1 aliphatic heterocycles. The van der Waals surface area contributed by atoms with Crippen LogP contribution < -0.4 is 0 Å². The maximum absolute atomic E-state index is 12.3. The Hall–Kier alpha value is -0.336. The van der Waals surface area contributed by atoms with E-state index in [0.29, 0.717) is 25.6 Å². The molecule has 0 N–H and O–H groups in total. The first-order valence-corrected chi connectivity index (χ1v) is 12.5. The van der Waals surface area contributed by atoms with Crippen molar-refractivity contribution < 1.29 is 31.7 Å². The van der Waals surface area contributed by atoms with Crippen molar-refractivity contribution in [3.63, 3.8) is 0 Å². The van der Waals surface area contributed by atoms with Crippen LogP contribution >= 0.6 is 0 Å². The number of nitrogens with zero attached hydrogens (tertiary/aromatic N) is 1. The van der Waals surface area contributed by atoms with E-state index in [1.807, 2.05) is 6.92 Å². The lowest BCUT2D eigenvalue weighted by molar-refractivity contribution is -0.148. The fourth-order valence-electron chi connectivity index (χ4n) is 3.16. The largest absolute Gasteiger partial charge is 0.500 e. The molecule has 0 aromatic carbocycles. The number of rotatable bonds is 12. The van der Waals surface area contributed by atoms with Crippen LogP contribution in [0.4, 0.5) is 0 Å². The predicted molar refractivity (Wildman–Crippen MR) is 97.1 cm³/mol. The molecule has 148 valence electrons. The van der Waals surface area contributed by atoms with Crippen LogP contribution in [0.3, 0.4) is 0 Å². The van der Waals surface area contributed by atoms with Gasteiger partial charge >= 0.3 is 23.5 Å². The minimum Gasteiger partial charge on any atom is -0.465 e. The molecule has 1 atom stereocenters. The van der Waals surface area contributed by atoms with Crippen molar-refractivity contribution in [1.82, 2.24) is 4.57 Å². The standard InChI is InChI=1S/C15H33NO7Si2/c1-14(13-16-9-7-11-24(16,18-2)19-3)15(17)23-10-8-12-25(20-4,21-5)22-6/h14H,7-13H2,1-6H3. The Morgan fingerprint density at radius 2 is 1.72 bits per heavy atom. The fraction of sp³-hybridized carbons (Fsp3) is 0.933. The molecule has 0 aliphatic carbocycles. The molecule has 25 heavy (non-hydrogen) atoms. The molecule has 8 nitrogen and oxygen atoms in total. The predicted octanol–water partition coefficient (Wildman–Crippen LogP) is 1.37. The average molecular weight is 396 g/mol. The Kier molecular flexibility index (Phi) is 9.74. The van der Waals surface area contributed by atoms with Gasteiger partial charge in [-0.05, 0) is 19.4 Å². The van der Waals surface area contributed by atoms with Gasteiger partial charge in [-0.15, -0.1) is 0 Å². The van der Waals surface area contributed by atoms with Gasteiger partial charge < -0.3 is 26.9 Å². The molecule has 1 aliphatic rings. The Morgan fingerprint density at radius 3 is 2.24 bits per heavy atom. The van der Waals surface area contributed by atoms with Crippen LogP contribution in [0.25, 0.3) is 0 Å². The van der Waals surface area contributed by atoms with Gasteiger partial charge in [-0.2, -0.15) is 0 Å². The normalized spacial score (nSPS) is 19.1. The Balaban J connectivity index is 2.40. The van der Waals surface area contributed by atoms with E-state index >= 15 is 0 Å². The van der Waals surface area contributed by atoms with E-state index < -0.39 is 17.5 Å². The summed E-state index contributed by atoms with van der Waals surface area (Å²) in [6, 6.07) is 1.53. The summed E-state index contributed by atoms with van der Waals surface area (Å²) in [7, 11) is 3.18. The summed E-state index contributed by atoms with van der Waals surface area (Å²) in [6.07, 6.45) is 1.67. The summed E-state index contributed by atoms with van der Waals surface area (Å²) in [5.74, 6) is -0.439. The highest BCUT2D eigenvalue weighted by molar-refractivity contribution is 6.65. The van der Waals surface area contributed by atoms with E-state index in [4.69, 9.17) is 26.9 Å². The summed E-state index contributed by atoms with van der Waals surface area (Å²) >= 11 is 0. The average Bonchev–Trinajstić information content (AvgIpc) is 3.05. The number of ether oxygens (including phenoxy) is 1. The molecule has 0 spiro atoms. The lowest BCUT2D eigenvalue weighted by Crippen LogP contribution is -2.54. The van der Waals surface area contributed by atoms with Crippen LogP contribution in [0, 0.1) is 5.92 Å². The highest BCUT2D eigenvalue weighted by Gasteiger charge is 2.48. The zero-order chi connectivity index (χ0) is 18.9. The molecular weight excluding hydrogens is 362 g/mol. The topological polar surface area (TPSA) is 75.7 Å². The van der Waals surface area contributed by atoms with Gasteiger partial charge in [0, 0.05) is 54.2 Å². The SMILES string of the molecule is CO[Si](CCCOC(=O)C(C)CN1CCC[Si]1(OC)OC)(OC)OC. The van der Waals surface area contributed by atoms with Crippen molar-refractivity contribution in [3.8, 4) is 0 Å². The number of esters is 1. The van der Waals surface area contributed by atoms with Gasteiger partial charge in [0.25, 0.3) is 0 Å². The number of hydrogen-bond acceptors (Lipinski definition) is 8. The van der Waals surface area contributed by atoms with Crippen molar-refractivity contribution in [2.24, 2.45) is 5.92 Å². The number of hydrogen-bond donors (Lipinski definition) is 0. The number of carbonyl (C=O) groups excluding carboxylic acids is 1. The molecule has 0 amide bonds. The molecule has 0 saturated carbocycles. The van der Waals surface area contributed by atoms with Gasteiger partial charge in [-0.25, -0.2) is 0 Å². The number of carbonyl (C=O) groups is 1. The van der Waals surface area contributed by atoms with Crippen LogP contribution in [0.2, 0.25) is 12.1 Å². The van der Waals surface area contributed by atoms with E-state index in [0.717, 1.165) is 19.0 Å². The first-order chi connectivity index (χ1) is 11.9. The first kappa shape index (κ1) is 22.7. The monoisotopic (exact) mass is 395 g/mol. The molecule has 0 aromatic rings. The summed E-state index contributed by atoms with van der Waals surface area (Å²) in [5.41, 5.74) is 0. The molecule has 0 bridgehead atoms. The van der Waals surface area contributed by atoms with Crippen LogP contribution in [0.15, 0.2) is 0 Å². The molecule has 1 fully saturated rings. The summed E-state index contributed by atoms with van der Waals surface area (Å²) in [6.45, 7) is 3.70. The van der Waals surface area contributed by atoms with Gasteiger partial charge in [0.05, 0.1) is 12.5 Å². The highest BCUT2D eigenvalue weighted by atomic mass is 28.4. The van der Waals surface area contributed by atoms with Crippen molar-refractivity contribution >= 4 is 23.5 Å². The maximum atomic E-state index is 12.3. The molecule has 0 aromatic heterocycles. The minimum absolute atomic E-state index is 0.207. The Morgan fingerprint density at radius 1 is 1.12 bits per heavy atom. The van der Waals surface area contributed by atoms with Gasteiger partial charge in [0.15, 0.2) is 0 Å². The van der Waals surface area contributed by atoms with Gasteiger partial charge in [0.2, 0.25) is 0 Å². The van der Waals surface area contributed by atoms with E-state index in [1.165, 1.54) is 0 Å². The van der Waals surface area contributed by atoms with E-state index in [9.17, 15) is 4.79 Å². The third-order valence-corrected chi connectivity index (χ3v) is 11.2. The van der Waals surface area contributed by atoms with Crippen molar-refractivity contribution in [3.05, 3.63) is 0 Å². The van der Waals surface area contributed by atoms with Crippen LogP contribution in [0.1, 0.15) is 19.8 Å². The lowest BCUT2D eigenvalue weighted by Gasteiger charge is -2.33. The second kappa shape index (κ2) is 10.7. The first-order valence-electron chi connectivity index (χ1n) is 8.60. The second-order valence-electron chi connectivity index (χ2n) is 6.14. The van der Waals surface area contributed by atoms with E-state index in [-0.39, 0.29) is 11.9 Å². The zero-order valence-electron chi connectivity index (χ0n) is 16.3. The lowest BCUT2D eigenvalue weighted by atomic mass is 10.2. The molecule has 1 unspecified atom stereocenters. The van der Waals surface area contributed by atoms with Gasteiger partial charge in [-0.3, -0.25) is 9.36 Å². The maximum Gasteiger partial charge on any atom is 0.500 e. The molecular formula is C15H33NO7Si2. The fourth-order valence-corrected chi connectivity index (χ4v) is 7.92. The highest BCUT2D eigenvalue weighted by Crippen LogP contribution is 2.28. The summed E-state index contributed by atoms with van der Waals surface area (Å²) < 4.78 is 35.0. The summed E-state index contributed by atoms with van der Waals surface area (Å²) in [5, 5.41) is 0. The van der Waals surface area contributed by atoms with Gasteiger partial charge in [0.1, 0.15) is 0 Å². The van der Waals surface area contributed by atoms with Gasteiger partial charge in [-0.1, -0.05) is 6.92 Å². The Bertz CT molecular complexity index is 397. The quantitative estimate of drug-likeness (QED) is 0.279. The molecule has 1 rings (SSSR count). The summed E-state index contributed by atoms with van der Waals surface area (Å²) in [4.78, 5) is 12.3. The third-order valence-electron chi connectivity index (χ3n) is 4.74. The Labute approximate surface area is 153 Å². The molecule has 0 radical (unpaired) electrons. The van der Waals surface area contributed by atoms with Crippen molar-refractivity contribution in [1.29, 1.82) is 0 Å². The third kappa shape index (κ3) is 5.83. The van der Waals surface area contributed by atoms with Crippen molar-refractivity contribution in [2.45, 2.75) is 31.9 Å². The van der Waals surface area contributed by atoms with Crippen LogP contribution in [-0.2, 0) is 31.7 Å².